The normalized spacial score (nSPS) is 15.3. The summed E-state index contributed by atoms with van der Waals surface area (Å²) < 4.78 is 0. The van der Waals surface area contributed by atoms with Crippen molar-refractivity contribution in [1.82, 2.24) is 4.90 Å². The molecule has 1 fully saturated rings. The molecule has 3 rings (SSSR count). The van der Waals surface area contributed by atoms with Gasteiger partial charge in [0, 0.05) is 37.6 Å². The lowest BCUT2D eigenvalue weighted by Gasteiger charge is -2.34. The molecule has 0 spiro atoms. The maximum absolute atomic E-state index is 5.89. The first-order chi connectivity index (χ1) is 11.6. The zero-order valence-electron chi connectivity index (χ0n) is 14.0. The summed E-state index contributed by atoms with van der Waals surface area (Å²) in [5.41, 5.74) is 16.6. The number of nitrogen functional groups attached to an aromatic ring is 2. The highest BCUT2D eigenvalue weighted by Gasteiger charge is 2.15. The van der Waals surface area contributed by atoms with Gasteiger partial charge in [0.25, 0.3) is 0 Å². The molecule has 6 nitrogen and oxygen atoms in total. The number of hydrogen-bond acceptors (Lipinski definition) is 6. The monoisotopic (exact) mass is 324 g/mol. The van der Waals surface area contributed by atoms with Crippen LogP contribution in [-0.4, -0.2) is 44.8 Å². The van der Waals surface area contributed by atoms with Crippen LogP contribution < -0.4 is 21.7 Å². The van der Waals surface area contributed by atoms with Gasteiger partial charge in [0.1, 0.15) is 0 Å². The summed E-state index contributed by atoms with van der Waals surface area (Å²) in [6.45, 7) is 7.84. The van der Waals surface area contributed by atoms with Gasteiger partial charge in [-0.05, 0) is 50.2 Å². The van der Waals surface area contributed by atoms with E-state index in [1.807, 2.05) is 18.2 Å². The molecule has 0 bridgehead atoms. The van der Waals surface area contributed by atoms with Crippen LogP contribution in [0.2, 0.25) is 0 Å². The molecule has 0 aromatic heterocycles. The van der Waals surface area contributed by atoms with Gasteiger partial charge < -0.3 is 26.6 Å². The molecule has 1 heterocycles. The number of hydrogen-bond donors (Lipinski definition) is 3. The van der Waals surface area contributed by atoms with E-state index >= 15 is 0 Å². The number of likely N-dealkylation sites (N-methyl/N-ethyl adjacent to an activating group) is 1. The molecule has 1 saturated heterocycles. The molecule has 1 aliphatic rings. The third-order valence-corrected chi connectivity index (χ3v) is 4.38. The fraction of sp³-hybridized carbons (Fsp3) is 0.278. The second-order valence-electron chi connectivity index (χ2n) is 6.12. The van der Waals surface area contributed by atoms with Crippen molar-refractivity contribution in [2.24, 2.45) is 4.99 Å². The lowest BCUT2D eigenvalue weighted by molar-refractivity contribution is 0.313. The van der Waals surface area contributed by atoms with Crippen molar-refractivity contribution >= 4 is 40.8 Å². The van der Waals surface area contributed by atoms with E-state index in [1.165, 1.54) is 5.69 Å². The van der Waals surface area contributed by atoms with Crippen LogP contribution in [-0.2, 0) is 0 Å². The standard InChI is InChI=1S/C18H24N6/c1-21-17-6-4-14(24-9-7-23(2)8-10-24)12-18(17)22-13-3-5-15(19)16(20)11-13/h3-6,11-12,22H,1,7-10,19-20H2,2H3. The van der Waals surface area contributed by atoms with Crippen LogP contribution in [0.25, 0.3) is 0 Å². The van der Waals surface area contributed by atoms with E-state index in [9.17, 15) is 0 Å². The van der Waals surface area contributed by atoms with Gasteiger partial charge in [0.15, 0.2) is 0 Å². The molecular weight excluding hydrogens is 300 g/mol. The van der Waals surface area contributed by atoms with Gasteiger partial charge in [-0.1, -0.05) is 0 Å². The molecule has 126 valence electrons. The lowest BCUT2D eigenvalue weighted by Crippen LogP contribution is -2.44. The zero-order chi connectivity index (χ0) is 17.1. The Labute approximate surface area is 142 Å². The topological polar surface area (TPSA) is 82.9 Å². The van der Waals surface area contributed by atoms with Gasteiger partial charge >= 0.3 is 0 Å². The van der Waals surface area contributed by atoms with Crippen LogP contribution in [0.3, 0.4) is 0 Å². The van der Waals surface area contributed by atoms with E-state index in [4.69, 9.17) is 11.5 Å². The fourth-order valence-corrected chi connectivity index (χ4v) is 2.83. The van der Waals surface area contributed by atoms with Gasteiger partial charge in [-0.3, -0.25) is 4.99 Å². The molecule has 0 amide bonds. The van der Waals surface area contributed by atoms with Gasteiger partial charge in [-0.25, -0.2) is 0 Å². The quantitative estimate of drug-likeness (QED) is 0.595. The van der Waals surface area contributed by atoms with Crippen LogP contribution in [0.1, 0.15) is 0 Å². The van der Waals surface area contributed by atoms with Gasteiger partial charge in [0.2, 0.25) is 0 Å². The van der Waals surface area contributed by atoms with Crippen molar-refractivity contribution in [3.8, 4) is 0 Å². The Kier molecular flexibility index (Phi) is 4.57. The van der Waals surface area contributed by atoms with Gasteiger partial charge in [0.05, 0.1) is 22.7 Å². The van der Waals surface area contributed by atoms with Crippen LogP contribution in [0.4, 0.5) is 34.1 Å². The fourth-order valence-electron chi connectivity index (χ4n) is 2.83. The summed E-state index contributed by atoms with van der Waals surface area (Å²) in [6.07, 6.45) is 0. The number of piperazine rings is 1. The number of rotatable bonds is 4. The first kappa shape index (κ1) is 16.1. The second kappa shape index (κ2) is 6.80. The van der Waals surface area contributed by atoms with Gasteiger partial charge in [-0.2, -0.15) is 0 Å². The number of nitrogens with one attached hydrogen (secondary N) is 1. The molecule has 0 saturated carbocycles. The minimum absolute atomic E-state index is 0.559. The molecule has 1 aliphatic heterocycles. The van der Waals surface area contributed by atoms with E-state index < -0.39 is 0 Å². The third kappa shape index (κ3) is 3.44. The molecule has 0 radical (unpaired) electrons. The Morgan fingerprint density at radius 2 is 1.75 bits per heavy atom. The summed E-state index contributed by atoms with van der Waals surface area (Å²) in [5, 5.41) is 3.37. The predicted molar refractivity (Wildman–Crippen MR) is 104 cm³/mol. The summed E-state index contributed by atoms with van der Waals surface area (Å²) in [4.78, 5) is 8.83. The maximum atomic E-state index is 5.89. The highest BCUT2D eigenvalue weighted by atomic mass is 15.2. The molecule has 0 atom stereocenters. The number of benzene rings is 2. The van der Waals surface area contributed by atoms with Crippen LogP contribution in [0.15, 0.2) is 41.4 Å². The largest absolute Gasteiger partial charge is 0.397 e. The van der Waals surface area contributed by atoms with Crippen molar-refractivity contribution in [1.29, 1.82) is 0 Å². The number of anilines is 5. The molecule has 2 aromatic carbocycles. The highest BCUT2D eigenvalue weighted by molar-refractivity contribution is 5.80. The van der Waals surface area contributed by atoms with Crippen molar-refractivity contribution in [2.45, 2.75) is 0 Å². The van der Waals surface area contributed by atoms with E-state index in [1.54, 1.807) is 6.07 Å². The summed E-state index contributed by atoms with van der Waals surface area (Å²) >= 11 is 0. The minimum Gasteiger partial charge on any atom is -0.397 e. The first-order valence-corrected chi connectivity index (χ1v) is 8.03. The molecule has 5 N–H and O–H groups in total. The SMILES string of the molecule is C=Nc1ccc(N2CCN(C)CC2)cc1Nc1ccc(N)c(N)c1. The van der Waals surface area contributed by atoms with Crippen molar-refractivity contribution in [2.75, 3.05) is 54.9 Å². The second-order valence-corrected chi connectivity index (χ2v) is 6.12. The lowest BCUT2D eigenvalue weighted by atomic mass is 10.2. The van der Waals surface area contributed by atoms with Crippen molar-refractivity contribution in [3.63, 3.8) is 0 Å². The van der Waals surface area contributed by atoms with Gasteiger partial charge in [-0.15, -0.1) is 0 Å². The average Bonchev–Trinajstić information content (AvgIpc) is 2.59. The summed E-state index contributed by atoms with van der Waals surface area (Å²) in [6, 6.07) is 11.7. The molecule has 24 heavy (non-hydrogen) atoms. The van der Waals surface area contributed by atoms with E-state index in [-0.39, 0.29) is 0 Å². The average molecular weight is 324 g/mol. The Morgan fingerprint density at radius 3 is 2.42 bits per heavy atom. The van der Waals surface area contributed by atoms with E-state index in [0.29, 0.717) is 11.4 Å². The predicted octanol–water partition coefficient (Wildman–Crippen LogP) is 2.68. The van der Waals surface area contributed by atoms with Crippen molar-refractivity contribution in [3.05, 3.63) is 36.4 Å². The third-order valence-electron chi connectivity index (χ3n) is 4.38. The smallest absolute Gasteiger partial charge is 0.0858 e. The Balaban J connectivity index is 1.86. The van der Waals surface area contributed by atoms with Crippen LogP contribution in [0, 0.1) is 0 Å². The Morgan fingerprint density at radius 1 is 1.00 bits per heavy atom. The molecule has 6 heteroatoms. The minimum atomic E-state index is 0.559. The summed E-state index contributed by atoms with van der Waals surface area (Å²) in [7, 11) is 2.15. The highest BCUT2D eigenvalue weighted by Crippen LogP contribution is 2.33. The maximum Gasteiger partial charge on any atom is 0.0858 e. The number of nitrogens with zero attached hydrogens (tertiary/aromatic N) is 3. The van der Waals surface area contributed by atoms with Crippen LogP contribution >= 0.6 is 0 Å². The Bertz CT molecular complexity index is 734. The number of aliphatic imine (C=N–C) groups is 1. The van der Waals surface area contributed by atoms with Crippen LogP contribution in [0.5, 0.6) is 0 Å². The molecule has 0 unspecified atom stereocenters. The first-order valence-electron chi connectivity index (χ1n) is 8.03. The molecule has 2 aromatic rings. The van der Waals surface area contributed by atoms with E-state index in [0.717, 1.165) is 43.2 Å². The van der Waals surface area contributed by atoms with Crippen molar-refractivity contribution < 1.29 is 0 Å². The zero-order valence-corrected chi connectivity index (χ0v) is 14.0. The molecular formula is C18H24N6. The molecule has 0 aliphatic carbocycles. The van der Waals surface area contributed by atoms with E-state index in [2.05, 4.69) is 46.0 Å². The summed E-state index contributed by atoms with van der Waals surface area (Å²) in [5.74, 6) is 0. The Hall–Kier alpha value is -2.73. The number of nitrogens with two attached hydrogens (primary N) is 2.